The summed E-state index contributed by atoms with van der Waals surface area (Å²) >= 11 is 0. The van der Waals surface area contributed by atoms with Gasteiger partial charge in [0, 0.05) is 12.3 Å². The molecular formula is C20H30O4. The Kier molecular flexibility index (Phi) is 3.66. The van der Waals surface area contributed by atoms with E-state index in [1.165, 1.54) is 0 Å². The lowest BCUT2D eigenvalue weighted by molar-refractivity contribution is -0.165. The monoisotopic (exact) mass is 334 g/mol. The number of fused-ring (bicyclic) bond motifs is 5. The summed E-state index contributed by atoms with van der Waals surface area (Å²) in [6.45, 7) is 4.35. The Morgan fingerprint density at radius 1 is 1.08 bits per heavy atom. The molecule has 0 radical (unpaired) electrons. The number of carboxylic acid groups (broad SMARTS) is 1. The van der Waals surface area contributed by atoms with Crippen LogP contribution in [0.5, 0.6) is 0 Å². The van der Waals surface area contributed by atoms with E-state index in [2.05, 4.69) is 13.8 Å². The van der Waals surface area contributed by atoms with Crippen molar-refractivity contribution in [3.63, 3.8) is 0 Å². The predicted octanol–water partition coefficient (Wildman–Crippen LogP) is 3.27. The van der Waals surface area contributed by atoms with Gasteiger partial charge in [0.1, 0.15) is 5.78 Å². The van der Waals surface area contributed by atoms with Crippen molar-refractivity contribution in [3.8, 4) is 0 Å². The zero-order chi connectivity index (χ0) is 17.3. The van der Waals surface area contributed by atoms with Crippen molar-refractivity contribution in [1.29, 1.82) is 0 Å². The van der Waals surface area contributed by atoms with E-state index < -0.39 is 5.97 Å². The molecule has 134 valence electrons. The quantitative estimate of drug-likeness (QED) is 0.772. The van der Waals surface area contributed by atoms with Crippen molar-refractivity contribution >= 4 is 11.8 Å². The number of aliphatic hydroxyl groups excluding tert-OH is 1. The van der Waals surface area contributed by atoms with E-state index >= 15 is 0 Å². The minimum absolute atomic E-state index is 0.0157. The molecule has 0 aromatic rings. The first-order chi connectivity index (χ1) is 11.3. The topological polar surface area (TPSA) is 74.6 Å². The average Bonchev–Trinajstić information content (AvgIpc) is 2.84. The Morgan fingerprint density at radius 3 is 2.54 bits per heavy atom. The van der Waals surface area contributed by atoms with Crippen molar-refractivity contribution in [1.82, 2.24) is 0 Å². The number of carbonyl (C=O) groups is 2. The van der Waals surface area contributed by atoms with Gasteiger partial charge < -0.3 is 10.2 Å². The van der Waals surface area contributed by atoms with Crippen LogP contribution in [0.25, 0.3) is 0 Å². The molecule has 0 aromatic carbocycles. The summed E-state index contributed by atoms with van der Waals surface area (Å²) in [5, 5.41) is 19.7. The lowest BCUT2D eigenvalue weighted by Gasteiger charge is -2.59. The average molecular weight is 334 g/mol. The van der Waals surface area contributed by atoms with E-state index in [9.17, 15) is 19.8 Å². The lowest BCUT2D eigenvalue weighted by Crippen LogP contribution is -2.58. The summed E-state index contributed by atoms with van der Waals surface area (Å²) in [6, 6.07) is 0. The third-order valence-corrected chi connectivity index (χ3v) is 8.62. The van der Waals surface area contributed by atoms with Crippen molar-refractivity contribution in [2.45, 2.75) is 71.3 Å². The van der Waals surface area contributed by atoms with E-state index in [1.807, 2.05) is 0 Å². The lowest BCUT2D eigenvalue weighted by atomic mass is 9.44. The molecule has 0 aliphatic heterocycles. The third-order valence-electron chi connectivity index (χ3n) is 8.62. The minimum Gasteiger partial charge on any atom is -0.481 e. The van der Waals surface area contributed by atoms with E-state index in [4.69, 9.17) is 0 Å². The molecule has 4 nitrogen and oxygen atoms in total. The van der Waals surface area contributed by atoms with Crippen LogP contribution in [0.1, 0.15) is 65.2 Å². The van der Waals surface area contributed by atoms with E-state index in [0.29, 0.717) is 30.0 Å². The van der Waals surface area contributed by atoms with Gasteiger partial charge in [-0.1, -0.05) is 13.8 Å². The second-order valence-electron chi connectivity index (χ2n) is 9.57. The Morgan fingerprint density at radius 2 is 1.83 bits per heavy atom. The molecule has 0 bridgehead atoms. The van der Waals surface area contributed by atoms with E-state index in [1.54, 1.807) is 0 Å². The summed E-state index contributed by atoms with van der Waals surface area (Å²) in [5.41, 5.74) is -0.330. The van der Waals surface area contributed by atoms with Crippen LogP contribution in [-0.4, -0.2) is 28.1 Å². The SMILES string of the molecule is C[C@]12CC[C@@H](O)C[C@@H]1CC[C@@H]1[C@H]3CC[C@@H](C(=O)O)[C@]3(C)CC(=O)[C@H]12. The van der Waals surface area contributed by atoms with Crippen molar-refractivity contribution in [2.24, 2.45) is 40.4 Å². The largest absolute Gasteiger partial charge is 0.481 e. The first-order valence-corrected chi connectivity index (χ1v) is 9.71. The van der Waals surface area contributed by atoms with Crippen molar-refractivity contribution in [3.05, 3.63) is 0 Å². The molecule has 4 saturated carbocycles. The summed E-state index contributed by atoms with van der Waals surface area (Å²) in [7, 11) is 0. The van der Waals surface area contributed by atoms with Crippen LogP contribution in [0.2, 0.25) is 0 Å². The number of aliphatic hydroxyl groups is 1. The van der Waals surface area contributed by atoms with Gasteiger partial charge >= 0.3 is 5.97 Å². The molecular weight excluding hydrogens is 304 g/mol. The fraction of sp³-hybridized carbons (Fsp3) is 0.900. The molecule has 2 N–H and O–H groups in total. The molecule has 4 rings (SSSR count). The van der Waals surface area contributed by atoms with Crippen LogP contribution >= 0.6 is 0 Å². The maximum absolute atomic E-state index is 13.2. The Balaban J connectivity index is 1.68. The van der Waals surface area contributed by atoms with Crippen LogP contribution in [-0.2, 0) is 9.59 Å². The number of Topliss-reactive ketones (excluding diaryl/α,β-unsaturated/α-hetero) is 1. The molecule has 0 saturated heterocycles. The molecule has 0 heterocycles. The third kappa shape index (κ3) is 2.07. The van der Waals surface area contributed by atoms with E-state index in [0.717, 1.165) is 44.9 Å². The maximum atomic E-state index is 13.2. The fourth-order valence-corrected chi connectivity index (χ4v) is 7.46. The van der Waals surface area contributed by atoms with Crippen LogP contribution in [0.15, 0.2) is 0 Å². The summed E-state index contributed by atoms with van der Waals surface area (Å²) in [4.78, 5) is 24.9. The van der Waals surface area contributed by atoms with Gasteiger partial charge in [-0.2, -0.15) is 0 Å². The summed E-state index contributed by atoms with van der Waals surface area (Å²) in [6.07, 6.45) is 6.65. The van der Waals surface area contributed by atoms with Gasteiger partial charge in [-0.05, 0) is 73.5 Å². The zero-order valence-electron chi connectivity index (χ0n) is 14.8. The van der Waals surface area contributed by atoms with Gasteiger partial charge in [0.15, 0.2) is 0 Å². The van der Waals surface area contributed by atoms with Crippen LogP contribution in [0.4, 0.5) is 0 Å². The number of hydrogen-bond acceptors (Lipinski definition) is 3. The van der Waals surface area contributed by atoms with Gasteiger partial charge in [0.25, 0.3) is 0 Å². The standard InChI is InChI=1S/C20H30O4/c1-19-8-7-12(21)9-11(19)3-4-13-14-5-6-15(18(23)24)20(14,2)10-16(22)17(13)19/h11-15,17,21H,3-10H2,1-2H3,(H,23,24)/t11-,12+,13+,14+,15-,17-,19-,20+/m0/s1. The molecule has 0 aromatic heterocycles. The van der Waals surface area contributed by atoms with Gasteiger partial charge in [0.2, 0.25) is 0 Å². The Labute approximate surface area is 144 Å². The smallest absolute Gasteiger partial charge is 0.307 e. The second kappa shape index (κ2) is 5.30. The minimum atomic E-state index is -0.716. The first-order valence-electron chi connectivity index (χ1n) is 9.71. The highest BCUT2D eigenvalue weighted by Crippen LogP contribution is 2.66. The van der Waals surface area contributed by atoms with Crippen molar-refractivity contribution < 1.29 is 19.8 Å². The van der Waals surface area contributed by atoms with Crippen LogP contribution < -0.4 is 0 Å². The molecule has 4 heteroatoms. The molecule has 4 aliphatic rings. The van der Waals surface area contributed by atoms with Crippen LogP contribution in [0.3, 0.4) is 0 Å². The van der Waals surface area contributed by atoms with Gasteiger partial charge in [-0.25, -0.2) is 0 Å². The molecule has 0 spiro atoms. The van der Waals surface area contributed by atoms with Crippen molar-refractivity contribution in [2.75, 3.05) is 0 Å². The molecule has 0 amide bonds. The number of aliphatic carboxylic acids is 1. The second-order valence-corrected chi connectivity index (χ2v) is 9.57. The number of rotatable bonds is 1. The highest BCUT2D eigenvalue weighted by Gasteiger charge is 2.64. The Bertz CT molecular complexity index is 572. The fourth-order valence-electron chi connectivity index (χ4n) is 7.46. The highest BCUT2D eigenvalue weighted by atomic mass is 16.4. The summed E-state index contributed by atoms with van der Waals surface area (Å²) < 4.78 is 0. The molecule has 0 unspecified atom stereocenters. The van der Waals surface area contributed by atoms with Gasteiger partial charge in [-0.15, -0.1) is 0 Å². The molecule has 4 aliphatic carbocycles. The van der Waals surface area contributed by atoms with Gasteiger partial charge in [0.05, 0.1) is 12.0 Å². The molecule has 24 heavy (non-hydrogen) atoms. The van der Waals surface area contributed by atoms with Crippen LogP contribution in [0, 0.1) is 40.4 Å². The zero-order valence-corrected chi connectivity index (χ0v) is 14.8. The number of ketones is 1. The number of hydrogen-bond donors (Lipinski definition) is 2. The normalized spacial score (nSPS) is 53.9. The first kappa shape index (κ1) is 16.6. The molecule has 8 atom stereocenters. The number of carboxylic acids is 1. The predicted molar refractivity (Wildman–Crippen MR) is 89.2 cm³/mol. The maximum Gasteiger partial charge on any atom is 0.307 e. The van der Waals surface area contributed by atoms with Gasteiger partial charge in [-0.3, -0.25) is 9.59 Å². The molecule has 4 fully saturated rings. The number of carbonyl (C=O) groups excluding carboxylic acids is 1. The summed E-state index contributed by atoms with van der Waals surface area (Å²) in [5.74, 6) is 0.526. The highest BCUT2D eigenvalue weighted by molar-refractivity contribution is 5.85. The Hall–Kier alpha value is -0.900. The van der Waals surface area contributed by atoms with E-state index in [-0.39, 0.29) is 28.8 Å².